The molecule has 0 unspecified atom stereocenters. The van der Waals surface area contributed by atoms with Gasteiger partial charge < -0.3 is 5.32 Å². The number of rotatable bonds is 6. The maximum absolute atomic E-state index is 12.0. The van der Waals surface area contributed by atoms with Crippen molar-refractivity contribution in [1.82, 2.24) is 15.5 Å². The molecule has 1 amide bonds. The number of aromatic nitrogens is 2. The maximum atomic E-state index is 12.0. The molecule has 25 heavy (non-hydrogen) atoms. The van der Waals surface area contributed by atoms with E-state index in [0.29, 0.717) is 18.2 Å². The Bertz CT molecular complexity index is 865. The second-order valence-electron chi connectivity index (χ2n) is 6.25. The van der Waals surface area contributed by atoms with Gasteiger partial charge in [-0.1, -0.05) is 80.2 Å². The van der Waals surface area contributed by atoms with E-state index >= 15 is 0 Å². The van der Waals surface area contributed by atoms with Crippen LogP contribution in [0.2, 0.25) is 0 Å². The van der Waals surface area contributed by atoms with Gasteiger partial charge in [0.1, 0.15) is 10.7 Å². The quantitative estimate of drug-likeness (QED) is 0.678. The highest BCUT2D eigenvalue weighted by Gasteiger charge is 2.12. The van der Waals surface area contributed by atoms with Gasteiger partial charge in [0.25, 0.3) is 0 Å². The summed E-state index contributed by atoms with van der Waals surface area (Å²) in [5.41, 5.74) is 1.90. The minimum Gasteiger partial charge on any atom is -0.355 e. The van der Waals surface area contributed by atoms with Crippen molar-refractivity contribution in [2.24, 2.45) is 5.92 Å². The Balaban J connectivity index is 1.85. The number of thioether (sulfide) groups is 1. The summed E-state index contributed by atoms with van der Waals surface area (Å²) in [6, 6.07) is 18.1. The molecule has 0 atom stereocenters. The highest BCUT2D eigenvalue weighted by Crippen LogP contribution is 2.31. The minimum absolute atomic E-state index is 0.0247. The zero-order chi connectivity index (χ0) is 17.6. The van der Waals surface area contributed by atoms with Crippen molar-refractivity contribution >= 4 is 28.4 Å². The molecule has 4 nitrogen and oxygen atoms in total. The van der Waals surface area contributed by atoms with Gasteiger partial charge in [-0.05, 0) is 5.92 Å². The van der Waals surface area contributed by atoms with E-state index in [1.165, 1.54) is 11.8 Å². The summed E-state index contributed by atoms with van der Waals surface area (Å²) < 4.78 is 0. The van der Waals surface area contributed by atoms with Crippen LogP contribution in [0.15, 0.2) is 59.6 Å². The number of fused-ring (bicyclic) bond motifs is 1. The lowest BCUT2D eigenvalue weighted by molar-refractivity contribution is -0.118. The zero-order valence-electron chi connectivity index (χ0n) is 14.4. The van der Waals surface area contributed by atoms with Gasteiger partial charge in [-0.15, -0.1) is 10.2 Å². The smallest absolute Gasteiger partial charge is 0.230 e. The molecule has 0 fully saturated rings. The Morgan fingerprint density at radius 1 is 1.00 bits per heavy atom. The number of amides is 1. The van der Waals surface area contributed by atoms with Crippen LogP contribution in [0.3, 0.4) is 0 Å². The topological polar surface area (TPSA) is 54.9 Å². The Labute approximate surface area is 152 Å². The molecule has 2 aromatic carbocycles. The SMILES string of the molecule is CC(C)CNC(=O)CSc1nnc(-c2ccccc2)c2ccccc12. The van der Waals surface area contributed by atoms with E-state index in [1.54, 1.807) is 0 Å². The second-order valence-corrected chi connectivity index (χ2v) is 7.22. The Kier molecular flexibility index (Phi) is 5.66. The first-order valence-corrected chi connectivity index (χ1v) is 9.34. The molecule has 3 rings (SSSR count). The summed E-state index contributed by atoms with van der Waals surface area (Å²) in [6.07, 6.45) is 0. The van der Waals surface area contributed by atoms with Crippen LogP contribution in [0, 0.1) is 5.92 Å². The lowest BCUT2D eigenvalue weighted by Crippen LogP contribution is -2.28. The molecule has 0 aliphatic heterocycles. The summed E-state index contributed by atoms with van der Waals surface area (Å²) >= 11 is 1.43. The number of carbonyl (C=O) groups excluding carboxylic acids is 1. The Hall–Kier alpha value is -2.40. The summed E-state index contributed by atoms with van der Waals surface area (Å²) in [5, 5.41) is 14.6. The van der Waals surface area contributed by atoms with E-state index in [4.69, 9.17) is 0 Å². The van der Waals surface area contributed by atoms with Gasteiger partial charge in [0, 0.05) is 22.9 Å². The molecule has 128 valence electrons. The zero-order valence-corrected chi connectivity index (χ0v) is 15.2. The predicted molar refractivity (Wildman–Crippen MR) is 104 cm³/mol. The van der Waals surface area contributed by atoms with E-state index in [2.05, 4.69) is 35.4 Å². The van der Waals surface area contributed by atoms with Crippen molar-refractivity contribution in [2.45, 2.75) is 18.9 Å². The fraction of sp³-hybridized carbons (Fsp3) is 0.250. The van der Waals surface area contributed by atoms with Gasteiger partial charge in [-0.3, -0.25) is 4.79 Å². The third-order valence-electron chi connectivity index (χ3n) is 3.75. The predicted octanol–water partition coefficient (Wildman–Crippen LogP) is 4.16. The van der Waals surface area contributed by atoms with E-state index in [1.807, 2.05) is 48.5 Å². The first kappa shape index (κ1) is 17.4. The summed E-state index contributed by atoms with van der Waals surface area (Å²) in [7, 11) is 0. The molecule has 1 aromatic heterocycles. The van der Waals surface area contributed by atoms with Crippen molar-refractivity contribution in [2.75, 3.05) is 12.3 Å². The van der Waals surface area contributed by atoms with Gasteiger partial charge in [-0.2, -0.15) is 0 Å². The van der Waals surface area contributed by atoms with E-state index in [-0.39, 0.29) is 5.91 Å². The number of nitrogens with zero attached hydrogens (tertiary/aromatic N) is 2. The van der Waals surface area contributed by atoms with Crippen LogP contribution >= 0.6 is 11.8 Å². The number of carbonyl (C=O) groups is 1. The molecule has 3 aromatic rings. The van der Waals surface area contributed by atoms with E-state index < -0.39 is 0 Å². The molecule has 0 radical (unpaired) electrons. The summed E-state index contributed by atoms with van der Waals surface area (Å²) in [4.78, 5) is 12.0. The van der Waals surface area contributed by atoms with Crippen LogP contribution in [-0.4, -0.2) is 28.4 Å². The van der Waals surface area contributed by atoms with Crippen molar-refractivity contribution in [1.29, 1.82) is 0 Å². The van der Waals surface area contributed by atoms with Crippen LogP contribution in [0.4, 0.5) is 0 Å². The largest absolute Gasteiger partial charge is 0.355 e. The first-order chi connectivity index (χ1) is 12.1. The molecule has 0 spiro atoms. The number of hydrogen-bond acceptors (Lipinski definition) is 4. The van der Waals surface area contributed by atoms with Crippen molar-refractivity contribution < 1.29 is 4.79 Å². The highest BCUT2D eigenvalue weighted by atomic mass is 32.2. The molecule has 1 N–H and O–H groups in total. The second kappa shape index (κ2) is 8.12. The molecule has 0 saturated carbocycles. The average Bonchev–Trinajstić information content (AvgIpc) is 2.65. The van der Waals surface area contributed by atoms with E-state index in [0.717, 1.165) is 27.1 Å². The fourth-order valence-electron chi connectivity index (χ4n) is 2.50. The lowest BCUT2D eigenvalue weighted by Gasteiger charge is -2.10. The molecule has 0 aliphatic rings. The van der Waals surface area contributed by atoms with Crippen molar-refractivity contribution in [3.8, 4) is 11.3 Å². The fourth-order valence-corrected chi connectivity index (χ4v) is 3.30. The van der Waals surface area contributed by atoms with Gasteiger partial charge >= 0.3 is 0 Å². The van der Waals surface area contributed by atoms with Crippen molar-refractivity contribution in [3.63, 3.8) is 0 Å². The van der Waals surface area contributed by atoms with Crippen molar-refractivity contribution in [3.05, 3.63) is 54.6 Å². The Morgan fingerprint density at radius 3 is 2.40 bits per heavy atom. The van der Waals surface area contributed by atoms with Gasteiger partial charge in [0.2, 0.25) is 5.91 Å². The molecule has 0 bridgehead atoms. The lowest BCUT2D eigenvalue weighted by atomic mass is 10.1. The highest BCUT2D eigenvalue weighted by molar-refractivity contribution is 8.00. The number of hydrogen-bond donors (Lipinski definition) is 1. The number of nitrogens with one attached hydrogen (secondary N) is 1. The molecule has 0 saturated heterocycles. The average molecular weight is 351 g/mol. The summed E-state index contributed by atoms with van der Waals surface area (Å²) in [5.74, 6) is 0.812. The van der Waals surface area contributed by atoms with Crippen LogP contribution < -0.4 is 5.32 Å². The van der Waals surface area contributed by atoms with Gasteiger partial charge in [-0.25, -0.2) is 0 Å². The third-order valence-corrected chi connectivity index (χ3v) is 4.73. The van der Waals surface area contributed by atoms with Gasteiger partial charge in [0.05, 0.1) is 5.75 Å². The standard InChI is InChI=1S/C20H21N3OS/c1-14(2)12-21-18(24)13-25-20-17-11-7-6-10-16(17)19(22-23-20)15-8-4-3-5-9-15/h3-11,14H,12-13H2,1-2H3,(H,21,24). The normalized spacial score (nSPS) is 11.0. The molecular formula is C20H21N3OS. The van der Waals surface area contributed by atoms with Crippen LogP contribution in [0.1, 0.15) is 13.8 Å². The maximum Gasteiger partial charge on any atom is 0.230 e. The summed E-state index contributed by atoms with van der Waals surface area (Å²) in [6.45, 7) is 4.85. The molecule has 0 aliphatic carbocycles. The van der Waals surface area contributed by atoms with Crippen LogP contribution in [0.25, 0.3) is 22.0 Å². The van der Waals surface area contributed by atoms with Crippen LogP contribution in [-0.2, 0) is 4.79 Å². The first-order valence-electron chi connectivity index (χ1n) is 8.35. The molecular weight excluding hydrogens is 330 g/mol. The van der Waals surface area contributed by atoms with Gasteiger partial charge in [0.15, 0.2) is 0 Å². The third kappa shape index (κ3) is 4.37. The Morgan fingerprint density at radius 2 is 1.68 bits per heavy atom. The minimum atomic E-state index is 0.0247. The number of benzene rings is 2. The molecule has 1 heterocycles. The molecule has 5 heteroatoms. The van der Waals surface area contributed by atoms with Crippen LogP contribution in [0.5, 0.6) is 0 Å². The monoisotopic (exact) mass is 351 g/mol. The van der Waals surface area contributed by atoms with E-state index in [9.17, 15) is 4.79 Å².